The van der Waals surface area contributed by atoms with Gasteiger partial charge in [-0.25, -0.2) is 0 Å². The normalized spacial score (nSPS) is 10.3. The van der Waals surface area contributed by atoms with E-state index in [4.69, 9.17) is 10.5 Å². The van der Waals surface area contributed by atoms with Crippen molar-refractivity contribution < 1.29 is 4.74 Å². The van der Waals surface area contributed by atoms with Crippen molar-refractivity contribution in [1.82, 2.24) is 0 Å². The van der Waals surface area contributed by atoms with Crippen LogP contribution >= 0.6 is 0 Å². The van der Waals surface area contributed by atoms with E-state index in [-0.39, 0.29) is 6.10 Å². The lowest BCUT2D eigenvalue weighted by Crippen LogP contribution is -2.06. The molecule has 12 heavy (non-hydrogen) atoms. The highest BCUT2D eigenvalue weighted by atomic mass is 16.5. The lowest BCUT2D eigenvalue weighted by Gasteiger charge is -2.12. The number of anilines is 1. The number of ether oxygens (including phenoxy) is 1. The fraction of sp³-hybridized carbons (Fsp3) is 0.400. The SMILES string of the molecule is Cc1ccc(N)cc1OC(C)C. The predicted molar refractivity (Wildman–Crippen MR) is 51.4 cm³/mol. The smallest absolute Gasteiger partial charge is 0.124 e. The van der Waals surface area contributed by atoms with Crippen LogP contribution in [0, 0.1) is 6.92 Å². The zero-order chi connectivity index (χ0) is 9.14. The third-order valence-corrected chi connectivity index (χ3v) is 1.57. The molecule has 1 rings (SSSR count). The molecule has 0 radical (unpaired) electrons. The number of rotatable bonds is 2. The summed E-state index contributed by atoms with van der Waals surface area (Å²) >= 11 is 0. The maximum Gasteiger partial charge on any atom is 0.124 e. The Bertz CT molecular complexity index is 269. The molecule has 0 heterocycles. The van der Waals surface area contributed by atoms with Crippen LogP contribution in [0.5, 0.6) is 5.75 Å². The van der Waals surface area contributed by atoms with E-state index >= 15 is 0 Å². The van der Waals surface area contributed by atoms with E-state index in [1.165, 1.54) is 0 Å². The van der Waals surface area contributed by atoms with E-state index in [0.717, 1.165) is 17.0 Å². The maximum absolute atomic E-state index is 5.62. The molecular formula is C10H15NO. The summed E-state index contributed by atoms with van der Waals surface area (Å²) in [4.78, 5) is 0. The Labute approximate surface area is 73.3 Å². The van der Waals surface area contributed by atoms with E-state index in [1.54, 1.807) is 0 Å². The fourth-order valence-corrected chi connectivity index (χ4v) is 0.998. The number of aryl methyl sites for hydroxylation is 1. The van der Waals surface area contributed by atoms with Gasteiger partial charge in [0, 0.05) is 11.8 Å². The van der Waals surface area contributed by atoms with Crippen LogP contribution in [0.3, 0.4) is 0 Å². The standard InChI is InChI=1S/C10H15NO/c1-7(2)12-10-6-9(11)5-4-8(10)3/h4-7H,11H2,1-3H3. The topological polar surface area (TPSA) is 35.2 Å². The third-order valence-electron chi connectivity index (χ3n) is 1.57. The summed E-state index contributed by atoms with van der Waals surface area (Å²) < 4.78 is 5.55. The Morgan fingerprint density at radius 1 is 1.33 bits per heavy atom. The van der Waals surface area contributed by atoms with E-state index in [2.05, 4.69) is 0 Å². The first-order chi connectivity index (χ1) is 5.59. The molecule has 0 bridgehead atoms. The molecule has 0 aliphatic heterocycles. The van der Waals surface area contributed by atoms with Crippen LogP contribution in [-0.4, -0.2) is 6.10 Å². The minimum Gasteiger partial charge on any atom is -0.491 e. The molecule has 1 aromatic rings. The van der Waals surface area contributed by atoms with Crippen molar-refractivity contribution in [2.75, 3.05) is 5.73 Å². The summed E-state index contributed by atoms with van der Waals surface area (Å²) in [6.07, 6.45) is 0.200. The monoisotopic (exact) mass is 165 g/mol. The van der Waals surface area contributed by atoms with Crippen molar-refractivity contribution in [1.29, 1.82) is 0 Å². The Kier molecular flexibility index (Phi) is 2.58. The third kappa shape index (κ3) is 2.16. The van der Waals surface area contributed by atoms with Gasteiger partial charge in [-0.15, -0.1) is 0 Å². The first-order valence-electron chi connectivity index (χ1n) is 4.12. The van der Waals surface area contributed by atoms with Gasteiger partial charge >= 0.3 is 0 Å². The van der Waals surface area contributed by atoms with Crippen molar-refractivity contribution in [2.24, 2.45) is 0 Å². The van der Waals surface area contributed by atoms with E-state index in [0.29, 0.717) is 0 Å². The van der Waals surface area contributed by atoms with Gasteiger partial charge in [-0.3, -0.25) is 0 Å². The largest absolute Gasteiger partial charge is 0.491 e. The molecule has 1 aromatic carbocycles. The summed E-state index contributed by atoms with van der Waals surface area (Å²) in [5.41, 5.74) is 7.49. The molecule has 0 spiro atoms. The Balaban J connectivity index is 2.90. The summed E-state index contributed by atoms with van der Waals surface area (Å²) in [6, 6.07) is 5.70. The zero-order valence-electron chi connectivity index (χ0n) is 7.79. The lowest BCUT2D eigenvalue weighted by molar-refractivity contribution is 0.241. The van der Waals surface area contributed by atoms with Crippen LogP contribution in [0.25, 0.3) is 0 Å². The zero-order valence-corrected chi connectivity index (χ0v) is 7.79. The van der Waals surface area contributed by atoms with Crippen LogP contribution in [-0.2, 0) is 0 Å². The minimum absolute atomic E-state index is 0.200. The number of hydrogen-bond acceptors (Lipinski definition) is 2. The first-order valence-corrected chi connectivity index (χ1v) is 4.12. The van der Waals surface area contributed by atoms with Crippen LogP contribution in [0.4, 0.5) is 5.69 Å². The first kappa shape index (κ1) is 8.91. The summed E-state index contributed by atoms with van der Waals surface area (Å²) in [5, 5.41) is 0. The second-order valence-electron chi connectivity index (χ2n) is 3.19. The number of nitrogen functional groups attached to an aromatic ring is 1. The molecule has 0 aliphatic rings. The van der Waals surface area contributed by atoms with Crippen LogP contribution < -0.4 is 10.5 Å². The van der Waals surface area contributed by atoms with Crippen molar-refractivity contribution in [2.45, 2.75) is 26.9 Å². The van der Waals surface area contributed by atoms with Gasteiger partial charge in [-0.05, 0) is 32.4 Å². The van der Waals surface area contributed by atoms with Gasteiger partial charge in [-0.1, -0.05) is 6.07 Å². The fourth-order valence-electron chi connectivity index (χ4n) is 0.998. The molecule has 0 aliphatic carbocycles. The molecule has 0 fully saturated rings. The molecule has 0 atom stereocenters. The molecule has 66 valence electrons. The summed E-state index contributed by atoms with van der Waals surface area (Å²) in [5.74, 6) is 0.880. The Hall–Kier alpha value is -1.18. The van der Waals surface area contributed by atoms with Crippen molar-refractivity contribution in [3.63, 3.8) is 0 Å². The van der Waals surface area contributed by atoms with Crippen LogP contribution in [0.15, 0.2) is 18.2 Å². The lowest BCUT2D eigenvalue weighted by atomic mass is 10.2. The molecule has 0 aromatic heterocycles. The van der Waals surface area contributed by atoms with E-state index in [1.807, 2.05) is 39.0 Å². The van der Waals surface area contributed by atoms with Gasteiger partial charge in [-0.2, -0.15) is 0 Å². The minimum atomic E-state index is 0.200. The Morgan fingerprint density at radius 2 is 2.00 bits per heavy atom. The van der Waals surface area contributed by atoms with Gasteiger partial charge in [0.25, 0.3) is 0 Å². The highest BCUT2D eigenvalue weighted by Crippen LogP contribution is 2.21. The quantitative estimate of drug-likeness (QED) is 0.683. The van der Waals surface area contributed by atoms with Crippen molar-refractivity contribution in [3.05, 3.63) is 23.8 Å². The van der Waals surface area contributed by atoms with Gasteiger partial charge in [0.2, 0.25) is 0 Å². The molecule has 0 saturated carbocycles. The van der Waals surface area contributed by atoms with Crippen molar-refractivity contribution in [3.8, 4) is 5.75 Å². The molecule has 2 heteroatoms. The molecule has 0 amide bonds. The van der Waals surface area contributed by atoms with Crippen LogP contribution in [0.2, 0.25) is 0 Å². The van der Waals surface area contributed by atoms with E-state index < -0.39 is 0 Å². The molecule has 2 N–H and O–H groups in total. The van der Waals surface area contributed by atoms with Crippen LogP contribution in [0.1, 0.15) is 19.4 Å². The maximum atomic E-state index is 5.62. The Morgan fingerprint density at radius 3 is 2.58 bits per heavy atom. The van der Waals surface area contributed by atoms with Crippen molar-refractivity contribution >= 4 is 5.69 Å². The molecule has 2 nitrogen and oxygen atoms in total. The van der Waals surface area contributed by atoms with Gasteiger partial charge in [0.15, 0.2) is 0 Å². The molecule has 0 unspecified atom stereocenters. The second kappa shape index (κ2) is 3.48. The predicted octanol–water partition coefficient (Wildman–Crippen LogP) is 2.36. The molecular weight excluding hydrogens is 150 g/mol. The van der Waals surface area contributed by atoms with Gasteiger partial charge in [0.05, 0.1) is 6.10 Å². The summed E-state index contributed by atoms with van der Waals surface area (Å²) in [7, 11) is 0. The van der Waals surface area contributed by atoms with E-state index in [9.17, 15) is 0 Å². The molecule has 0 saturated heterocycles. The number of benzene rings is 1. The average molecular weight is 165 g/mol. The highest BCUT2D eigenvalue weighted by Gasteiger charge is 2.01. The number of hydrogen-bond donors (Lipinski definition) is 1. The second-order valence-corrected chi connectivity index (χ2v) is 3.19. The van der Waals surface area contributed by atoms with Gasteiger partial charge in [0.1, 0.15) is 5.75 Å². The van der Waals surface area contributed by atoms with Gasteiger partial charge < -0.3 is 10.5 Å². The number of nitrogens with two attached hydrogens (primary N) is 1. The summed E-state index contributed by atoms with van der Waals surface area (Å²) in [6.45, 7) is 6.02. The average Bonchev–Trinajstić information content (AvgIpc) is 1.96. The highest BCUT2D eigenvalue weighted by molar-refractivity contribution is 5.47.